The highest BCUT2D eigenvalue weighted by atomic mass is 35.5. The minimum atomic E-state index is -0.803. The summed E-state index contributed by atoms with van der Waals surface area (Å²) in [6.45, 7) is 1.02. The van der Waals surface area contributed by atoms with Gasteiger partial charge in [-0.3, -0.25) is 9.59 Å². The van der Waals surface area contributed by atoms with Gasteiger partial charge in [0.1, 0.15) is 0 Å². The number of aliphatic carboxylic acids is 1. The van der Waals surface area contributed by atoms with E-state index in [2.05, 4.69) is 0 Å². The molecule has 1 N–H and O–H groups in total. The first-order valence-electron chi connectivity index (χ1n) is 6.95. The number of nitrogens with zero attached hydrogens (tertiary/aromatic N) is 1. The average molecular weight is 328 g/mol. The van der Waals surface area contributed by atoms with E-state index in [4.69, 9.17) is 16.7 Å². The molecular weight excluding hydrogens is 310 g/mol. The second-order valence-corrected chi connectivity index (χ2v) is 6.67. The molecule has 0 saturated carbocycles. The highest BCUT2D eigenvalue weighted by Crippen LogP contribution is 2.22. The van der Waals surface area contributed by atoms with Gasteiger partial charge in [0.25, 0.3) is 0 Å². The molecule has 6 heteroatoms. The van der Waals surface area contributed by atoms with Gasteiger partial charge in [-0.05, 0) is 37.1 Å². The minimum absolute atomic E-state index is 0.0439. The lowest BCUT2D eigenvalue weighted by Crippen LogP contribution is -2.42. The predicted octanol–water partition coefficient (Wildman–Crippen LogP) is 3.15. The van der Waals surface area contributed by atoms with Gasteiger partial charge in [-0.15, -0.1) is 11.8 Å². The first kappa shape index (κ1) is 16.2. The van der Waals surface area contributed by atoms with E-state index < -0.39 is 11.9 Å². The van der Waals surface area contributed by atoms with E-state index in [0.717, 1.165) is 11.3 Å². The maximum absolute atomic E-state index is 12.1. The smallest absolute Gasteiger partial charge is 0.308 e. The lowest BCUT2D eigenvalue weighted by atomic mass is 9.98. The third-order valence-corrected chi connectivity index (χ3v) is 4.79. The van der Waals surface area contributed by atoms with Gasteiger partial charge in [-0.1, -0.05) is 11.6 Å². The molecule has 1 aromatic rings. The van der Waals surface area contributed by atoms with E-state index in [0.29, 0.717) is 36.7 Å². The molecular formula is C15H18ClNO3S. The number of hydrogen-bond acceptors (Lipinski definition) is 3. The predicted molar refractivity (Wildman–Crippen MR) is 83.7 cm³/mol. The van der Waals surface area contributed by atoms with Crippen molar-refractivity contribution in [3.05, 3.63) is 29.3 Å². The molecule has 2 rings (SSSR count). The highest BCUT2D eigenvalue weighted by molar-refractivity contribution is 7.99. The maximum atomic E-state index is 12.1. The Morgan fingerprint density at radius 1 is 1.33 bits per heavy atom. The van der Waals surface area contributed by atoms with Crippen molar-refractivity contribution < 1.29 is 14.7 Å². The molecule has 1 heterocycles. The molecule has 0 aliphatic carbocycles. The number of amides is 1. The summed E-state index contributed by atoms with van der Waals surface area (Å²) in [5.41, 5.74) is 0. The summed E-state index contributed by atoms with van der Waals surface area (Å²) in [7, 11) is 0. The molecule has 1 aromatic carbocycles. The van der Waals surface area contributed by atoms with Crippen molar-refractivity contribution in [3.63, 3.8) is 0 Å². The summed E-state index contributed by atoms with van der Waals surface area (Å²) < 4.78 is 0. The number of carbonyl (C=O) groups excluding carboxylic acids is 1. The molecule has 4 nitrogen and oxygen atoms in total. The Hall–Kier alpha value is -1.20. The van der Waals surface area contributed by atoms with Crippen molar-refractivity contribution in [3.8, 4) is 0 Å². The normalized spacial score (nSPS) is 18.5. The van der Waals surface area contributed by atoms with Crippen LogP contribution in [0, 0.1) is 5.92 Å². The van der Waals surface area contributed by atoms with Crippen LogP contribution in [0.25, 0.3) is 0 Å². The van der Waals surface area contributed by atoms with Gasteiger partial charge in [-0.25, -0.2) is 0 Å². The van der Waals surface area contributed by atoms with E-state index in [1.807, 2.05) is 24.3 Å². The Balaban J connectivity index is 1.76. The Kier molecular flexibility index (Phi) is 5.94. The standard InChI is InChI=1S/C15H18ClNO3S/c16-12-3-5-13(6-4-12)21-9-7-14(18)17-8-1-2-11(10-17)15(19)20/h3-6,11H,1-2,7-10H2,(H,19,20)/t11-/m1/s1. The van der Waals surface area contributed by atoms with E-state index in [1.54, 1.807) is 16.7 Å². The number of carbonyl (C=O) groups is 2. The van der Waals surface area contributed by atoms with E-state index >= 15 is 0 Å². The molecule has 0 unspecified atom stereocenters. The fraction of sp³-hybridized carbons (Fsp3) is 0.467. The largest absolute Gasteiger partial charge is 0.481 e. The van der Waals surface area contributed by atoms with Gasteiger partial charge < -0.3 is 10.0 Å². The number of rotatable bonds is 5. The number of likely N-dealkylation sites (tertiary alicyclic amines) is 1. The van der Waals surface area contributed by atoms with Crippen LogP contribution in [0.3, 0.4) is 0 Å². The van der Waals surface area contributed by atoms with Gasteiger partial charge in [0.05, 0.1) is 5.92 Å². The van der Waals surface area contributed by atoms with Crippen molar-refractivity contribution in [2.24, 2.45) is 5.92 Å². The summed E-state index contributed by atoms with van der Waals surface area (Å²) in [5.74, 6) is -0.480. The van der Waals surface area contributed by atoms with Gasteiger partial charge in [0.15, 0.2) is 0 Å². The zero-order chi connectivity index (χ0) is 15.2. The summed E-state index contributed by atoms with van der Waals surface area (Å²) in [6, 6.07) is 7.51. The lowest BCUT2D eigenvalue weighted by molar-refractivity contribution is -0.145. The van der Waals surface area contributed by atoms with Crippen LogP contribution < -0.4 is 0 Å². The maximum Gasteiger partial charge on any atom is 0.308 e. The molecule has 1 atom stereocenters. The van der Waals surface area contributed by atoms with Crippen molar-refractivity contribution in [2.45, 2.75) is 24.2 Å². The monoisotopic (exact) mass is 327 g/mol. The fourth-order valence-electron chi connectivity index (χ4n) is 2.35. The number of thioether (sulfide) groups is 1. The van der Waals surface area contributed by atoms with Crippen molar-refractivity contribution >= 4 is 35.2 Å². The Labute approximate surface area is 133 Å². The number of benzene rings is 1. The third kappa shape index (κ3) is 4.93. The van der Waals surface area contributed by atoms with Crippen LogP contribution in [-0.2, 0) is 9.59 Å². The van der Waals surface area contributed by atoms with Crippen molar-refractivity contribution in [2.75, 3.05) is 18.8 Å². The molecule has 0 spiro atoms. The molecule has 21 heavy (non-hydrogen) atoms. The second kappa shape index (κ2) is 7.71. The van der Waals surface area contributed by atoms with Crippen LogP contribution in [-0.4, -0.2) is 40.7 Å². The average Bonchev–Trinajstić information content (AvgIpc) is 2.49. The number of carboxylic acid groups (broad SMARTS) is 1. The number of piperidine rings is 1. The molecule has 1 amide bonds. The first-order valence-corrected chi connectivity index (χ1v) is 8.31. The topological polar surface area (TPSA) is 57.6 Å². The van der Waals surface area contributed by atoms with E-state index in [-0.39, 0.29) is 5.91 Å². The summed E-state index contributed by atoms with van der Waals surface area (Å²) >= 11 is 7.42. The van der Waals surface area contributed by atoms with Gasteiger partial charge in [0.2, 0.25) is 5.91 Å². The summed E-state index contributed by atoms with van der Waals surface area (Å²) in [4.78, 5) is 25.9. The number of hydrogen-bond donors (Lipinski definition) is 1. The van der Waals surface area contributed by atoms with E-state index in [9.17, 15) is 9.59 Å². The molecule has 1 aliphatic rings. The van der Waals surface area contributed by atoms with Gasteiger partial charge >= 0.3 is 5.97 Å². The van der Waals surface area contributed by atoms with Crippen molar-refractivity contribution in [1.82, 2.24) is 4.90 Å². The van der Waals surface area contributed by atoms with Crippen LogP contribution in [0.1, 0.15) is 19.3 Å². The quantitative estimate of drug-likeness (QED) is 0.844. The van der Waals surface area contributed by atoms with Crippen molar-refractivity contribution in [1.29, 1.82) is 0 Å². The Morgan fingerprint density at radius 2 is 2.05 bits per heavy atom. The van der Waals surface area contributed by atoms with Crippen LogP contribution in [0.4, 0.5) is 0 Å². The second-order valence-electron chi connectivity index (χ2n) is 5.07. The summed E-state index contributed by atoms with van der Waals surface area (Å²) in [6.07, 6.45) is 1.87. The molecule has 1 fully saturated rings. The molecule has 1 saturated heterocycles. The van der Waals surface area contributed by atoms with Gasteiger partial charge in [-0.2, -0.15) is 0 Å². The number of carboxylic acids is 1. The van der Waals surface area contributed by atoms with E-state index in [1.165, 1.54) is 0 Å². The van der Waals surface area contributed by atoms with Gasteiger partial charge in [0, 0.05) is 35.2 Å². The minimum Gasteiger partial charge on any atom is -0.481 e. The Bertz CT molecular complexity index is 506. The van der Waals surface area contributed by atoms with Crippen LogP contribution in [0.5, 0.6) is 0 Å². The molecule has 0 radical (unpaired) electrons. The molecule has 1 aliphatic heterocycles. The molecule has 0 aromatic heterocycles. The third-order valence-electron chi connectivity index (χ3n) is 3.52. The summed E-state index contributed by atoms with van der Waals surface area (Å²) in [5, 5.41) is 9.73. The molecule has 114 valence electrons. The zero-order valence-electron chi connectivity index (χ0n) is 11.6. The molecule has 0 bridgehead atoms. The Morgan fingerprint density at radius 3 is 2.71 bits per heavy atom. The lowest BCUT2D eigenvalue weighted by Gasteiger charge is -2.30. The van der Waals surface area contributed by atoms with Crippen LogP contribution in [0.15, 0.2) is 29.2 Å². The van der Waals surface area contributed by atoms with Crippen LogP contribution in [0.2, 0.25) is 5.02 Å². The fourth-order valence-corrected chi connectivity index (χ4v) is 3.32. The zero-order valence-corrected chi connectivity index (χ0v) is 13.2. The SMILES string of the molecule is O=C(O)[C@@H]1CCCN(C(=O)CCSc2ccc(Cl)cc2)C1. The highest BCUT2D eigenvalue weighted by Gasteiger charge is 2.27. The first-order chi connectivity index (χ1) is 10.1. The number of halogens is 1. The van der Waals surface area contributed by atoms with Crippen LogP contribution >= 0.6 is 23.4 Å².